The maximum absolute atomic E-state index is 12.2. The summed E-state index contributed by atoms with van der Waals surface area (Å²) in [5, 5.41) is 0. The van der Waals surface area contributed by atoms with E-state index in [0.29, 0.717) is 24.1 Å². The molecule has 2 saturated carbocycles. The van der Waals surface area contributed by atoms with Crippen LogP contribution in [0.15, 0.2) is 0 Å². The number of nitrogens with one attached hydrogen (secondary N) is 1. The molecule has 6 heteroatoms. The average molecular weight is 311 g/mol. The largest absolute Gasteiger partial charge is 0.330 e. The van der Waals surface area contributed by atoms with Crippen molar-refractivity contribution in [2.24, 2.45) is 17.6 Å². The van der Waals surface area contributed by atoms with Crippen molar-refractivity contribution in [1.82, 2.24) is 4.72 Å². The van der Waals surface area contributed by atoms with Crippen molar-refractivity contribution in [2.45, 2.75) is 57.4 Å². The third-order valence-electron chi connectivity index (χ3n) is 4.47. The molecule has 2 atom stereocenters. The molecule has 114 valence electrons. The molecule has 0 aromatic heterocycles. The van der Waals surface area contributed by atoms with Gasteiger partial charge in [-0.3, -0.25) is 0 Å². The van der Waals surface area contributed by atoms with Crippen LogP contribution in [0, 0.1) is 11.8 Å². The number of hydrogen-bond acceptors (Lipinski definition) is 3. The number of rotatable bonds is 5. The summed E-state index contributed by atoms with van der Waals surface area (Å²) in [4.78, 5) is 0. The first-order chi connectivity index (χ1) is 8.61. The molecule has 2 aliphatic rings. The van der Waals surface area contributed by atoms with E-state index in [1.807, 2.05) is 0 Å². The molecule has 0 spiro atoms. The van der Waals surface area contributed by atoms with Crippen molar-refractivity contribution >= 4 is 22.4 Å². The van der Waals surface area contributed by atoms with Crippen LogP contribution in [0.3, 0.4) is 0 Å². The third-order valence-corrected chi connectivity index (χ3v) is 6.04. The van der Waals surface area contributed by atoms with E-state index in [2.05, 4.69) is 4.72 Å². The van der Waals surface area contributed by atoms with Gasteiger partial charge in [0, 0.05) is 6.04 Å². The molecular weight excluding hydrogens is 284 g/mol. The Labute approximate surface area is 123 Å². The Balaban J connectivity index is 0.00000180. The van der Waals surface area contributed by atoms with Crippen LogP contribution in [0.5, 0.6) is 0 Å². The highest BCUT2D eigenvalue weighted by atomic mass is 35.5. The van der Waals surface area contributed by atoms with E-state index in [4.69, 9.17) is 5.73 Å². The lowest BCUT2D eigenvalue weighted by molar-refractivity contribution is 0.295. The Bertz CT molecular complexity index is 356. The Kier molecular flexibility index (Phi) is 7.08. The lowest BCUT2D eigenvalue weighted by Gasteiger charge is -2.31. The molecule has 4 nitrogen and oxygen atoms in total. The van der Waals surface area contributed by atoms with E-state index < -0.39 is 10.0 Å². The van der Waals surface area contributed by atoms with Crippen LogP contribution in [0.4, 0.5) is 0 Å². The number of halogens is 1. The molecule has 3 N–H and O–H groups in total. The molecule has 2 rings (SSSR count). The van der Waals surface area contributed by atoms with Crippen molar-refractivity contribution < 1.29 is 8.42 Å². The monoisotopic (exact) mass is 310 g/mol. The van der Waals surface area contributed by atoms with Gasteiger partial charge < -0.3 is 5.73 Å². The first-order valence-corrected chi connectivity index (χ1v) is 8.96. The summed E-state index contributed by atoms with van der Waals surface area (Å²) in [6, 6.07) is 0.0788. The molecule has 0 aliphatic heterocycles. The maximum Gasteiger partial charge on any atom is 0.212 e. The average Bonchev–Trinajstić information content (AvgIpc) is 2.81. The zero-order valence-electron chi connectivity index (χ0n) is 11.5. The summed E-state index contributed by atoms with van der Waals surface area (Å²) in [6.07, 6.45) is 8.84. The molecule has 0 bridgehead atoms. The van der Waals surface area contributed by atoms with Crippen LogP contribution < -0.4 is 10.5 Å². The summed E-state index contributed by atoms with van der Waals surface area (Å²) in [6.45, 7) is 0.594. The quantitative estimate of drug-likeness (QED) is 0.816. The van der Waals surface area contributed by atoms with E-state index in [-0.39, 0.29) is 18.4 Å². The Morgan fingerprint density at radius 1 is 1.00 bits per heavy atom. The minimum atomic E-state index is -3.11. The van der Waals surface area contributed by atoms with Gasteiger partial charge in [0.25, 0.3) is 0 Å². The fourth-order valence-corrected chi connectivity index (χ4v) is 5.23. The van der Waals surface area contributed by atoms with Crippen LogP contribution in [0.25, 0.3) is 0 Å². The molecular formula is C13H27ClN2O2S. The zero-order chi connectivity index (χ0) is 13.0. The number of nitrogens with two attached hydrogens (primary N) is 1. The van der Waals surface area contributed by atoms with Gasteiger partial charge in [-0.05, 0) is 44.1 Å². The van der Waals surface area contributed by atoms with Gasteiger partial charge in [0.05, 0.1) is 5.75 Å². The second-order valence-electron chi connectivity index (χ2n) is 5.94. The molecule has 2 aliphatic carbocycles. The molecule has 2 fully saturated rings. The lowest BCUT2D eigenvalue weighted by atomic mass is 9.85. The van der Waals surface area contributed by atoms with E-state index in [1.54, 1.807) is 0 Å². The van der Waals surface area contributed by atoms with Crippen molar-refractivity contribution in [2.75, 3.05) is 12.3 Å². The van der Waals surface area contributed by atoms with E-state index in [0.717, 1.165) is 32.1 Å². The van der Waals surface area contributed by atoms with Crippen LogP contribution in [-0.2, 0) is 10.0 Å². The summed E-state index contributed by atoms with van der Waals surface area (Å²) >= 11 is 0. The van der Waals surface area contributed by atoms with Crippen LogP contribution >= 0.6 is 12.4 Å². The van der Waals surface area contributed by atoms with Gasteiger partial charge in [-0.1, -0.05) is 25.7 Å². The van der Waals surface area contributed by atoms with E-state index >= 15 is 0 Å². The molecule has 0 saturated heterocycles. The highest BCUT2D eigenvalue weighted by molar-refractivity contribution is 7.89. The smallest absolute Gasteiger partial charge is 0.212 e. The maximum atomic E-state index is 12.2. The van der Waals surface area contributed by atoms with Gasteiger partial charge >= 0.3 is 0 Å². The van der Waals surface area contributed by atoms with Crippen molar-refractivity contribution in [3.05, 3.63) is 0 Å². The SMILES string of the molecule is Cl.NCC1CCCCC1NS(=O)(=O)CC1CCCC1. The number of sulfonamides is 1. The molecule has 0 aromatic carbocycles. The van der Waals surface area contributed by atoms with E-state index in [1.165, 1.54) is 19.3 Å². The van der Waals surface area contributed by atoms with Crippen LogP contribution in [-0.4, -0.2) is 26.8 Å². The molecule has 0 radical (unpaired) electrons. The highest BCUT2D eigenvalue weighted by Crippen LogP contribution is 2.27. The fourth-order valence-electron chi connectivity index (χ4n) is 3.41. The van der Waals surface area contributed by atoms with Gasteiger partial charge in [-0.15, -0.1) is 12.4 Å². The van der Waals surface area contributed by atoms with Gasteiger partial charge in [0.1, 0.15) is 0 Å². The predicted octanol–water partition coefficient (Wildman–Crippen LogP) is 2.04. The number of hydrogen-bond donors (Lipinski definition) is 2. The van der Waals surface area contributed by atoms with Gasteiger partial charge in [-0.25, -0.2) is 13.1 Å². The summed E-state index contributed by atoms with van der Waals surface area (Å²) in [5.41, 5.74) is 5.74. The van der Waals surface area contributed by atoms with Crippen LogP contribution in [0.1, 0.15) is 51.4 Å². The molecule has 0 heterocycles. The lowest BCUT2D eigenvalue weighted by Crippen LogP contribution is -2.46. The minimum Gasteiger partial charge on any atom is -0.330 e. The predicted molar refractivity (Wildman–Crippen MR) is 80.9 cm³/mol. The molecule has 0 amide bonds. The zero-order valence-corrected chi connectivity index (χ0v) is 13.1. The van der Waals surface area contributed by atoms with Crippen molar-refractivity contribution in [3.8, 4) is 0 Å². The first kappa shape index (κ1) is 17.2. The Hall–Kier alpha value is 0.160. The summed E-state index contributed by atoms with van der Waals surface area (Å²) in [5.74, 6) is 1.03. The summed E-state index contributed by atoms with van der Waals surface area (Å²) in [7, 11) is -3.11. The van der Waals surface area contributed by atoms with Crippen LogP contribution in [0.2, 0.25) is 0 Å². The van der Waals surface area contributed by atoms with Gasteiger partial charge in [-0.2, -0.15) is 0 Å². The second kappa shape index (κ2) is 7.81. The van der Waals surface area contributed by atoms with E-state index in [9.17, 15) is 8.42 Å². The van der Waals surface area contributed by atoms with Crippen molar-refractivity contribution in [1.29, 1.82) is 0 Å². The molecule has 19 heavy (non-hydrogen) atoms. The minimum absolute atomic E-state index is 0. The second-order valence-corrected chi connectivity index (χ2v) is 7.74. The standard InChI is InChI=1S/C13H26N2O2S.ClH/c14-9-12-7-3-4-8-13(12)15-18(16,17)10-11-5-1-2-6-11;/h11-13,15H,1-10,14H2;1H. The summed E-state index contributed by atoms with van der Waals surface area (Å²) < 4.78 is 27.2. The normalized spacial score (nSPS) is 29.1. The Morgan fingerprint density at radius 3 is 2.21 bits per heavy atom. The van der Waals surface area contributed by atoms with Gasteiger partial charge in [0.2, 0.25) is 10.0 Å². The molecule has 2 unspecified atom stereocenters. The highest BCUT2D eigenvalue weighted by Gasteiger charge is 2.29. The Morgan fingerprint density at radius 2 is 1.58 bits per heavy atom. The van der Waals surface area contributed by atoms with Crippen molar-refractivity contribution in [3.63, 3.8) is 0 Å². The topological polar surface area (TPSA) is 72.2 Å². The third kappa shape index (κ3) is 5.21. The molecule has 0 aromatic rings. The fraction of sp³-hybridized carbons (Fsp3) is 1.00. The van der Waals surface area contributed by atoms with Gasteiger partial charge in [0.15, 0.2) is 0 Å². The first-order valence-electron chi connectivity index (χ1n) is 7.31.